The molecular formula is C26H26FNO6S2. The van der Waals surface area contributed by atoms with Crippen LogP contribution in [0.25, 0.3) is 11.1 Å². The molecule has 190 valence electrons. The van der Waals surface area contributed by atoms with E-state index in [1.165, 1.54) is 0 Å². The predicted octanol–water partition coefficient (Wildman–Crippen LogP) is 3.30. The van der Waals surface area contributed by atoms with Gasteiger partial charge >= 0.3 is 0 Å². The number of fused-ring (bicyclic) bond motifs is 3. The Bertz CT molecular complexity index is 1450. The molecular weight excluding hydrogens is 505 g/mol. The van der Waals surface area contributed by atoms with Crippen LogP contribution in [-0.2, 0) is 34.1 Å². The van der Waals surface area contributed by atoms with Gasteiger partial charge in [-0.2, -0.15) is 16.8 Å². The number of benzene rings is 3. The highest BCUT2D eigenvalue weighted by atomic mass is 32.2. The lowest BCUT2D eigenvalue weighted by Crippen LogP contribution is -2.52. The summed E-state index contributed by atoms with van der Waals surface area (Å²) in [6.45, 7) is -0.605. The molecule has 36 heavy (non-hydrogen) atoms. The summed E-state index contributed by atoms with van der Waals surface area (Å²) in [5, 5.41) is 0. The number of rotatable bonds is 7. The number of halogens is 1. The second-order valence-electron chi connectivity index (χ2n) is 9.16. The molecule has 2 aliphatic rings. The van der Waals surface area contributed by atoms with E-state index in [1.807, 2.05) is 78.9 Å². The predicted molar refractivity (Wildman–Crippen MR) is 134 cm³/mol. The van der Waals surface area contributed by atoms with Gasteiger partial charge in [0.15, 0.2) is 0 Å². The minimum Gasteiger partial charge on any atom is -0.275 e. The monoisotopic (exact) mass is 531 g/mol. The van der Waals surface area contributed by atoms with Crippen LogP contribution in [0.4, 0.5) is 4.39 Å². The van der Waals surface area contributed by atoms with Crippen molar-refractivity contribution in [2.45, 2.75) is 23.9 Å². The van der Waals surface area contributed by atoms with Gasteiger partial charge in [-0.25, -0.2) is 4.39 Å². The summed E-state index contributed by atoms with van der Waals surface area (Å²) >= 11 is 0. The summed E-state index contributed by atoms with van der Waals surface area (Å²) in [4.78, 5) is 1.80. The first-order chi connectivity index (χ1) is 17.0. The lowest BCUT2D eigenvalue weighted by atomic mass is 9.78. The first kappa shape index (κ1) is 25.0. The smallest absolute Gasteiger partial charge is 0.264 e. The normalized spacial score (nSPS) is 23.4. The topological polar surface area (TPSA) is 90.0 Å². The van der Waals surface area contributed by atoms with Crippen molar-refractivity contribution in [1.82, 2.24) is 4.90 Å². The molecule has 1 aliphatic heterocycles. The average Bonchev–Trinajstić information content (AvgIpc) is 3.29. The zero-order chi connectivity index (χ0) is 25.7. The highest BCUT2D eigenvalue weighted by Gasteiger charge is 2.58. The van der Waals surface area contributed by atoms with E-state index in [0.717, 1.165) is 40.3 Å². The fraction of sp³-hybridized carbons (Fsp3) is 0.308. The SMILES string of the molecule is CS(=O)(=O)OC[C@H]1[C@@H](F)[C@H](OS(C)(=O)=O)CN1C1(c2ccccc2)c2ccccc2-c2ccccc21. The van der Waals surface area contributed by atoms with E-state index in [0.29, 0.717) is 0 Å². The van der Waals surface area contributed by atoms with Crippen molar-refractivity contribution in [3.05, 3.63) is 95.6 Å². The van der Waals surface area contributed by atoms with E-state index in [2.05, 4.69) is 0 Å². The van der Waals surface area contributed by atoms with Crippen molar-refractivity contribution in [3.8, 4) is 11.1 Å². The van der Waals surface area contributed by atoms with Gasteiger partial charge < -0.3 is 0 Å². The van der Waals surface area contributed by atoms with Crippen LogP contribution in [0.1, 0.15) is 16.7 Å². The number of hydrogen-bond donors (Lipinski definition) is 0. The number of alkyl halides is 1. The fourth-order valence-electron chi connectivity index (χ4n) is 5.60. The number of hydrogen-bond acceptors (Lipinski definition) is 7. The first-order valence-electron chi connectivity index (χ1n) is 11.4. The second kappa shape index (κ2) is 9.04. The van der Waals surface area contributed by atoms with Gasteiger partial charge in [0.05, 0.1) is 30.7 Å². The van der Waals surface area contributed by atoms with Gasteiger partial charge in [0, 0.05) is 6.54 Å². The molecule has 7 nitrogen and oxygen atoms in total. The maximum absolute atomic E-state index is 16.0. The zero-order valence-electron chi connectivity index (χ0n) is 19.7. The number of likely N-dealkylation sites (tertiary alicyclic amines) is 1. The van der Waals surface area contributed by atoms with Crippen LogP contribution in [0, 0.1) is 0 Å². The first-order valence-corrected chi connectivity index (χ1v) is 15.0. The molecule has 0 aromatic heterocycles. The summed E-state index contributed by atoms with van der Waals surface area (Å²) in [7, 11) is -7.88. The lowest BCUT2D eigenvalue weighted by molar-refractivity contribution is 0.0749. The quantitative estimate of drug-likeness (QED) is 0.432. The molecule has 5 rings (SSSR count). The molecule has 1 saturated heterocycles. The molecule has 0 N–H and O–H groups in total. The summed E-state index contributed by atoms with van der Waals surface area (Å²) in [5.74, 6) is 0. The summed E-state index contributed by atoms with van der Waals surface area (Å²) < 4.78 is 74.0. The van der Waals surface area contributed by atoms with Crippen LogP contribution in [-0.4, -0.2) is 65.7 Å². The minimum atomic E-state index is -3.99. The Morgan fingerprint density at radius 1 is 0.833 bits per heavy atom. The highest BCUT2D eigenvalue weighted by molar-refractivity contribution is 7.86. The lowest BCUT2D eigenvalue weighted by Gasteiger charge is -2.44. The molecule has 0 unspecified atom stereocenters. The molecule has 3 aromatic rings. The highest BCUT2D eigenvalue weighted by Crippen LogP contribution is 2.56. The molecule has 3 aromatic carbocycles. The Balaban J connectivity index is 1.77. The molecule has 0 amide bonds. The van der Waals surface area contributed by atoms with Crippen molar-refractivity contribution >= 4 is 20.2 Å². The van der Waals surface area contributed by atoms with E-state index in [-0.39, 0.29) is 6.54 Å². The van der Waals surface area contributed by atoms with Crippen LogP contribution in [0.3, 0.4) is 0 Å². The maximum atomic E-state index is 16.0. The molecule has 0 spiro atoms. The van der Waals surface area contributed by atoms with Crippen LogP contribution in [0.5, 0.6) is 0 Å². The van der Waals surface area contributed by atoms with Gasteiger partial charge in [0.25, 0.3) is 20.2 Å². The third kappa shape index (κ3) is 4.26. The third-order valence-corrected chi connectivity index (χ3v) is 7.96. The van der Waals surface area contributed by atoms with E-state index in [9.17, 15) is 16.8 Å². The molecule has 1 heterocycles. The standard InChI is InChI=1S/C26H26FNO6S2/c1-35(29,30)33-17-23-25(27)24(34-36(2,31)32)16-28(23)26(18-10-4-3-5-11-18)21-14-8-6-12-19(21)20-13-7-9-15-22(20)26/h3-15,23-25H,16-17H2,1-2H3/t23-,24+,25+/m0/s1. The van der Waals surface area contributed by atoms with Gasteiger partial charge in [0.1, 0.15) is 12.3 Å². The second-order valence-corrected chi connectivity index (χ2v) is 12.4. The van der Waals surface area contributed by atoms with Gasteiger partial charge in [-0.1, -0.05) is 78.9 Å². The van der Waals surface area contributed by atoms with Crippen molar-refractivity contribution in [1.29, 1.82) is 0 Å². The molecule has 1 fully saturated rings. The zero-order valence-corrected chi connectivity index (χ0v) is 21.4. The molecule has 0 radical (unpaired) electrons. The number of nitrogens with zero attached hydrogens (tertiary/aromatic N) is 1. The van der Waals surface area contributed by atoms with Gasteiger partial charge in [-0.15, -0.1) is 0 Å². The molecule has 0 saturated carbocycles. The van der Waals surface area contributed by atoms with Gasteiger partial charge in [-0.05, 0) is 27.8 Å². The van der Waals surface area contributed by atoms with Crippen LogP contribution < -0.4 is 0 Å². The van der Waals surface area contributed by atoms with E-state index < -0.39 is 50.7 Å². The van der Waals surface area contributed by atoms with Crippen molar-refractivity contribution < 1.29 is 29.6 Å². The fourth-order valence-corrected chi connectivity index (χ4v) is 6.60. The average molecular weight is 532 g/mol. The van der Waals surface area contributed by atoms with Gasteiger partial charge in [-0.3, -0.25) is 13.3 Å². The van der Waals surface area contributed by atoms with Gasteiger partial charge in [0.2, 0.25) is 0 Å². The Kier molecular flexibility index (Phi) is 6.29. The van der Waals surface area contributed by atoms with E-state index >= 15 is 4.39 Å². The van der Waals surface area contributed by atoms with E-state index in [1.54, 1.807) is 4.90 Å². The Hall–Kier alpha value is -2.63. The maximum Gasteiger partial charge on any atom is 0.264 e. The molecule has 0 bridgehead atoms. The summed E-state index contributed by atoms with van der Waals surface area (Å²) in [6, 6.07) is 24.0. The van der Waals surface area contributed by atoms with Crippen molar-refractivity contribution in [3.63, 3.8) is 0 Å². The van der Waals surface area contributed by atoms with E-state index in [4.69, 9.17) is 8.37 Å². The van der Waals surface area contributed by atoms with Crippen LogP contribution in [0.15, 0.2) is 78.9 Å². The molecule has 10 heteroatoms. The van der Waals surface area contributed by atoms with Crippen LogP contribution >= 0.6 is 0 Å². The minimum absolute atomic E-state index is 0.108. The van der Waals surface area contributed by atoms with Crippen LogP contribution in [0.2, 0.25) is 0 Å². The Labute approximate surface area is 210 Å². The molecule has 3 atom stereocenters. The van der Waals surface area contributed by atoms with Crippen molar-refractivity contribution in [2.75, 3.05) is 25.7 Å². The molecule has 1 aliphatic carbocycles. The summed E-state index contributed by atoms with van der Waals surface area (Å²) in [5.41, 5.74) is 3.48. The van der Waals surface area contributed by atoms with Crippen molar-refractivity contribution in [2.24, 2.45) is 0 Å². The Morgan fingerprint density at radius 3 is 1.89 bits per heavy atom. The Morgan fingerprint density at radius 2 is 1.36 bits per heavy atom. The summed E-state index contributed by atoms with van der Waals surface area (Å²) in [6.07, 6.45) is -1.40. The third-order valence-electron chi connectivity index (χ3n) is 6.80. The largest absolute Gasteiger partial charge is 0.275 e.